The zero-order chi connectivity index (χ0) is 7.78. The van der Waals surface area contributed by atoms with Gasteiger partial charge in [0.05, 0.1) is 0 Å². The van der Waals surface area contributed by atoms with E-state index in [1.165, 1.54) is 0 Å². The van der Waals surface area contributed by atoms with Gasteiger partial charge in [-0.2, -0.15) is 0 Å². The van der Waals surface area contributed by atoms with Gasteiger partial charge in [-0.05, 0) is 19.3 Å². The lowest BCUT2D eigenvalue weighted by Gasteiger charge is -2.20. The van der Waals surface area contributed by atoms with Crippen LogP contribution in [0.2, 0.25) is 0 Å². The molecule has 0 bridgehead atoms. The van der Waals surface area contributed by atoms with Gasteiger partial charge in [-0.15, -0.1) is 23.2 Å². The molecule has 0 fully saturated rings. The van der Waals surface area contributed by atoms with E-state index >= 15 is 0 Å². The standard InChI is InChI=1S/C8H12Cl2/c1-6-3-4-7(5-6)8(2,9)10/h3-4,6-7H,5H2,1-2H3. The second-order valence-corrected chi connectivity index (χ2v) is 4.92. The van der Waals surface area contributed by atoms with Gasteiger partial charge < -0.3 is 0 Å². The first-order valence-electron chi connectivity index (χ1n) is 3.56. The molecule has 0 aromatic heterocycles. The summed E-state index contributed by atoms with van der Waals surface area (Å²) in [4.78, 5) is 0. The maximum Gasteiger partial charge on any atom is 0.121 e. The predicted octanol–water partition coefficient (Wildman–Crippen LogP) is 3.39. The summed E-state index contributed by atoms with van der Waals surface area (Å²) < 4.78 is -0.582. The molecule has 0 spiro atoms. The largest absolute Gasteiger partial charge is 0.121 e. The predicted molar refractivity (Wildman–Crippen MR) is 46.5 cm³/mol. The Kier molecular flexibility index (Phi) is 2.31. The second-order valence-electron chi connectivity index (χ2n) is 3.16. The van der Waals surface area contributed by atoms with Crippen molar-refractivity contribution in [2.45, 2.75) is 24.6 Å². The molecule has 0 N–H and O–H groups in total. The summed E-state index contributed by atoms with van der Waals surface area (Å²) in [5.41, 5.74) is 0. The van der Waals surface area contributed by atoms with Gasteiger partial charge in [0.15, 0.2) is 0 Å². The van der Waals surface area contributed by atoms with Crippen LogP contribution in [0.1, 0.15) is 20.3 Å². The van der Waals surface area contributed by atoms with Gasteiger partial charge in [-0.3, -0.25) is 0 Å². The van der Waals surface area contributed by atoms with E-state index in [0.29, 0.717) is 11.8 Å². The molecule has 0 nitrogen and oxygen atoms in total. The lowest BCUT2D eigenvalue weighted by molar-refractivity contribution is 0.516. The van der Waals surface area contributed by atoms with Crippen molar-refractivity contribution in [3.63, 3.8) is 0 Å². The van der Waals surface area contributed by atoms with Crippen molar-refractivity contribution in [3.8, 4) is 0 Å². The van der Waals surface area contributed by atoms with Crippen molar-refractivity contribution >= 4 is 23.2 Å². The van der Waals surface area contributed by atoms with Crippen LogP contribution in [0.25, 0.3) is 0 Å². The zero-order valence-corrected chi connectivity index (χ0v) is 7.78. The van der Waals surface area contributed by atoms with E-state index < -0.39 is 4.33 Å². The van der Waals surface area contributed by atoms with E-state index in [1.54, 1.807) is 0 Å². The molecule has 10 heavy (non-hydrogen) atoms. The molecule has 0 saturated heterocycles. The topological polar surface area (TPSA) is 0 Å². The van der Waals surface area contributed by atoms with Crippen LogP contribution in [0.4, 0.5) is 0 Å². The molecule has 0 heterocycles. The molecule has 1 aliphatic rings. The smallest absolute Gasteiger partial charge is 0.101 e. The third-order valence-electron chi connectivity index (χ3n) is 1.95. The molecule has 0 amide bonds. The lowest BCUT2D eigenvalue weighted by Crippen LogP contribution is -2.18. The summed E-state index contributed by atoms with van der Waals surface area (Å²) in [6.45, 7) is 4.03. The number of alkyl halides is 2. The first-order chi connectivity index (χ1) is 4.50. The molecule has 0 aromatic rings. The molecular formula is C8H12Cl2. The molecular weight excluding hydrogens is 167 g/mol. The molecule has 0 saturated carbocycles. The summed E-state index contributed by atoms with van der Waals surface area (Å²) >= 11 is 11.8. The molecule has 1 aliphatic carbocycles. The van der Waals surface area contributed by atoms with E-state index in [4.69, 9.17) is 23.2 Å². The third kappa shape index (κ3) is 1.90. The number of hydrogen-bond donors (Lipinski definition) is 0. The summed E-state index contributed by atoms with van der Waals surface area (Å²) in [5, 5.41) is 0. The zero-order valence-electron chi connectivity index (χ0n) is 6.27. The van der Waals surface area contributed by atoms with Gasteiger partial charge >= 0.3 is 0 Å². The fourth-order valence-corrected chi connectivity index (χ4v) is 1.58. The van der Waals surface area contributed by atoms with E-state index in [2.05, 4.69) is 19.1 Å². The average molecular weight is 179 g/mol. The van der Waals surface area contributed by atoms with Gasteiger partial charge in [-0.25, -0.2) is 0 Å². The van der Waals surface area contributed by atoms with Gasteiger partial charge in [0.25, 0.3) is 0 Å². The Balaban J connectivity index is 2.55. The van der Waals surface area contributed by atoms with E-state index in [0.717, 1.165) is 6.42 Å². The third-order valence-corrected chi connectivity index (χ3v) is 2.51. The second kappa shape index (κ2) is 2.75. The van der Waals surface area contributed by atoms with Gasteiger partial charge in [0, 0.05) is 5.92 Å². The van der Waals surface area contributed by atoms with Crippen LogP contribution in [0, 0.1) is 11.8 Å². The Bertz CT molecular complexity index is 144. The number of allylic oxidation sites excluding steroid dienone is 2. The number of rotatable bonds is 1. The Hall–Kier alpha value is 0.320. The molecule has 0 aliphatic heterocycles. The minimum atomic E-state index is -0.582. The van der Waals surface area contributed by atoms with Crippen molar-refractivity contribution in [2.24, 2.45) is 11.8 Å². The van der Waals surface area contributed by atoms with Crippen molar-refractivity contribution in [1.29, 1.82) is 0 Å². The fourth-order valence-electron chi connectivity index (χ4n) is 1.26. The van der Waals surface area contributed by atoms with Crippen molar-refractivity contribution < 1.29 is 0 Å². The molecule has 58 valence electrons. The first kappa shape index (κ1) is 8.42. The molecule has 2 heteroatoms. The Morgan fingerprint density at radius 3 is 2.20 bits per heavy atom. The van der Waals surface area contributed by atoms with Crippen LogP contribution < -0.4 is 0 Å². The molecule has 0 aromatic carbocycles. The Morgan fingerprint density at radius 2 is 2.00 bits per heavy atom. The van der Waals surface area contributed by atoms with Gasteiger partial charge in [0.2, 0.25) is 0 Å². The van der Waals surface area contributed by atoms with E-state index in [1.807, 2.05) is 6.92 Å². The van der Waals surface area contributed by atoms with Gasteiger partial charge in [-0.1, -0.05) is 19.1 Å². The molecule has 1 rings (SSSR count). The lowest BCUT2D eigenvalue weighted by atomic mass is 10.0. The van der Waals surface area contributed by atoms with Crippen LogP contribution >= 0.6 is 23.2 Å². The maximum atomic E-state index is 5.92. The minimum Gasteiger partial charge on any atom is -0.101 e. The van der Waals surface area contributed by atoms with Crippen molar-refractivity contribution in [3.05, 3.63) is 12.2 Å². The van der Waals surface area contributed by atoms with E-state index in [-0.39, 0.29) is 0 Å². The minimum absolute atomic E-state index is 0.339. The summed E-state index contributed by atoms with van der Waals surface area (Å²) in [6.07, 6.45) is 5.38. The first-order valence-corrected chi connectivity index (χ1v) is 4.32. The molecule has 2 unspecified atom stereocenters. The highest BCUT2D eigenvalue weighted by atomic mass is 35.5. The Labute approximate surface area is 72.2 Å². The highest BCUT2D eigenvalue weighted by Crippen LogP contribution is 2.38. The van der Waals surface area contributed by atoms with E-state index in [9.17, 15) is 0 Å². The number of halogens is 2. The quantitative estimate of drug-likeness (QED) is 0.427. The van der Waals surface area contributed by atoms with Crippen LogP contribution in [0.15, 0.2) is 12.2 Å². The average Bonchev–Trinajstić information content (AvgIpc) is 2.11. The Morgan fingerprint density at radius 1 is 1.40 bits per heavy atom. The highest BCUT2D eigenvalue weighted by molar-refractivity contribution is 6.48. The summed E-state index contributed by atoms with van der Waals surface area (Å²) in [7, 11) is 0. The van der Waals surface area contributed by atoms with Crippen LogP contribution in [-0.4, -0.2) is 4.33 Å². The summed E-state index contributed by atoms with van der Waals surface area (Å²) in [6, 6.07) is 0. The van der Waals surface area contributed by atoms with Crippen LogP contribution in [0.3, 0.4) is 0 Å². The maximum absolute atomic E-state index is 5.92. The normalized spacial score (nSPS) is 33.2. The van der Waals surface area contributed by atoms with Crippen molar-refractivity contribution in [1.82, 2.24) is 0 Å². The monoisotopic (exact) mass is 178 g/mol. The van der Waals surface area contributed by atoms with Crippen LogP contribution in [0.5, 0.6) is 0 Å². The number of hydrogen-bond acceptors (Lipinski definition) is 0. The van der Waals surface area contributed by atoms with Gasteiger partial charge in [0.1, 0.15) is 4.33 Å². The molecule has 2 atom stereocenters. The van der Waals surface area contributed by atoms with Crippen molar-refractivity contribution in [2.75, 3.05) is 0 Å². The highest BCUT2D eigenvalue weighted by Gasteiger charge is 2.31. The van der Waals surface area contributed by atoms with Crippen LogP contribution in [-0.2, 0) is 0 Å². The SMILES string of the molecule is CC1C=CC(C(C)(Cl)Cl)C1. The molecule has 0 radical (unpaired) electrons. The summed E-state index contributed by atoms with van der Waals surface area (Å²) in [5.74, 6) is 0.979. The fraction of sp³-hybridized carbons (Fsp3) is 0.750.